The predicted octanol–water partition coefficient (Wildman–Crippen LogP) is 3.69. The zero-order valence-electron chi connectivity index (χ0n) is 14.3. The van der Waals surface area contributed by atoms with Crippen molar-refractivity contribution in [3.05, 3.63) is 59.7 Å². The SMILES string of the molecule is CC(=O)c1ccc(N2CCN(C(=S)Nc3ccc(F)cc3F)CC2)cc1. The summed E-state index contributed by atoms with van der Waals surface area (Å²) in [6.07, 6.45) is 0. The van der Waals surface area contributed by atoms with E-state index in [1.54, 1.807) is 6.92 Å². The van der Waals surface area contributed by atoms with Gasteiger partial charge in [-0.1, -0.05) is 0 Å². The van der Waals surface area contributed by atoms with Crippen LogP contribution in [-0.2, 0) is 0 Å². The van der Waals surface area contributed by atoms with Gasteiger partial charge >= 0.3 is 0 Å². The van der Waals surface area contributed by atoms with Gasteiger partial charge in [-0.25, -0.2) is 8.78 Å². The molecule has 3 rings (SSSR count). The second kappa shape index (κ2) is 7.78. The number of thiocarbonyl (C=S) groups is 1. The van der Waals surface area contributed by atoms with Gasteiger partial charge in [0, 0.05) is 43.5 Å². The van der Waals surface area contributed by atoms with Crippen molar-refractivity contribution in [3.8, 4) is 0 Å². The molecule has 136 valence electrons. The topological polar surface area (TPSA) is 35.6 Å². The van der Waals surface area contributed by atoms with Gasteiger partial charge in [0.15, 0.2) is 10.9 Å². The summed E-state index contributed by atoms with van der Waals surface area (Å²) in [6.45, 7) is 4.43. The van der Waals surface area contributed by atoms with E-state index in [1.165, 1.54) is 12.1 Å². The number of carbonyl (C=O) groups excluding carboxylic acids is 1. The van der Waals surface area contributed by atoms with Gasteiger partial charge in [0.05, 0.1) is 5.69 Å². The first-order chi connectivity index (χ1) is 12.4. The van der Waals surface area contributed by atoms with Crippen molar-refractivity contribution in [2.75, 3.05) is 36.4 Å². The van der Waals surface area contributed by atoms with Gasteiger partial charge in [-0.15, -0.1) is 0 Å². The van der Waals surface area contributed by atoms with Gasteiger partial charge in [0.25, 0.3) is 0 Å². The van der Waals surface area contributed by atoms with Crippen LogP contribution >= 0.6 is 12.2 Å². The van der Waals surface area contributed by atoms with E-state index in [0.29, 0.717) is 23.8 Å². The highest BCUT2D eigenvalue weighted by atomic mass is 32.1. The molecule has 0 radical (unpaired) electrons. The fourth-order valence-electron chi connectivity index (χ4n) is 2.86. The Bertz CT molecular complexity index is 818. The third kappa shape index (κ3) is 4.16. The van der Waals surface area contributed by atoms with E-state index in [0.717, 1.165) is 24.8 Å². The minimum Gasteiger partial charge on any atom is -0.368 e. The van der Waals surface area contributed by atoms with E-state index in [9.17, 15) is 13.6 Å². The number of ketones is 1. The van der Waals surface area contributed by atoms with Crippen LogP contribution in [0.5, 0.6) is 0 Å². The van der Waals surface area contributed by atoms with Crippen LogP contribution in [0.1, 0.15) is 17.3 Å². The highest BCUT2D eigenvalue weighted by Crippen LogP contribution is 2.19. The number of rotatable bonds is 3. The number of piperazine rings is 1. The van der Waals surface area contributed by atoms with Crippen LogP contribution in [-0.4, -0.2) is 42.0 Å². The Balaban J connectivity index is 1.57. The highest BCUT2D eigenvalue weighted by molar-refractivity contribution is 7.80. The van der Waals surface area contributed by atoms with Crippen LogP contribution < -0.4 is 10.2 Å². The first-order valence-corrected chi connectivity index (χ1v) is 8.72. The van der Waals surface area contributed by atoms with Crippen molar-refractivity contribution in [2.45, 2.75) is 6.92 Å². The minimum atomic E-state index is -0.670. The predicted molar refractivity (Wildman–Crippen MR) is 103 cm³/mol. The molecule has 0 saturated carbocycles. The number of nitrogens with zero attached hydrogens (tertiary/aromatic N) is 2. The molecular weight excluding hydrogens is 356 g/mol. The molecule has 1 aliphatic heterocycles. The molecule has 0 bridgehead atoms. The van der Waals surface area contributed by atoms with Gasteiger partial charge in [-0.3, -0.25) is 4.79 Å². The summed E-state index contributed by atoms with van der Waals surface area (Å²) in [5.74, 6) is -1.24. The molecule has 0 spiro atoms. The fourth-order valence-corrected chi connectivity index (χ4v) is 3.15. The molecule has 4 nitrogen and oxygen atoms in total. The maximum absolute atomic E-state index is 13.7. The summed E-state index contributed by atoms with van der Waals surface area (Å²) < 4.78 is 26.7. The maximum Gasteiger partial charge on any atom is 0.173 e. The Morgan fingerprint density at radius 1 is 1.04 bits per heavy atom. The van der Waals surface area contributed by atoms with Gasteiger partial charge in [-0.2, -0.15) is 0 Å². The van der Waals surface area contributed by atoms with Gasteiger partial charge in [0.1, 0.15) is 11.6 Å². The Kier molecular flexibility index (Phi) is 5.46. The molecule has 26 heavy (non-hydrogen) atoms. The van der Waals surface area contributed by atoms with Crippen LogP contribution in [0, 0.1) is 11.6 Å². The van der Waals surface area contributed by atoms with Gasteiger partial charge < -0.3 is 15.1 Å². The molecule has 1 saturated heterocycles. The van der Waals surface area contributed by atoms with Crippen molar-refractivity contribution in [3.63, 3.8) is 0 Å². The summed E-state index contributed by atoms with van der Waals surface area (Å²) >= 11 is 5.35. The van der Waals surface area contributed by atoms with E-state index in [1.807, 2.05) is 29.2 Å². The Morgan fingerprint density at radius 3 is 2.27 bits per heavy atom. The van der Waals surface area contributed by atoms with Crippen molar-refractivity contribution in [2.24, 2.45) is 0 Å². The quantitative estimate of drug-likeness (QED) is 0.654. The Morgan fingerprint density at radius 2 is 1.69 bits per heavy atom. The Hall–Kier alpha value is -2.54. The highest BCUT2D eigenvalue weighted by Gasteiger charge is 2.20. The molecule has 1 heterocycles. The van der Waals surface area contributed by atoms with E-state index in [2.05, 4.69) is 10.2 Å². The lowest BCUT2D eigenvalue weighted by atomic mass is 10.1. The molecule has 2 aromatic carbocycles. The van der Waals surface area contributed by atoms with Crippen LogP contribution in [0.25, 0.3) is 0 Å². The monoisotopic (exact) mass is 375 g/mol. The number of nitrogens with one attached hydrogen (secondary N) is 1. The van der Waals surface area contributed by atoms with E-state index < -0.39 is 11.6 Å². The van der Waals surface area contributed by atoms with Crippen LogP contribution in [0.3, 0.4) is 0 Å². The summed E-state index contributed by atoms with van der Waals surface area (Å²) in [4.78, 5) is 15.5. The average molecular weight is 375 g/mol. The number of hydrogen-bond donors (Lipinski definition) is 1. The number of hydrogen-bond acceptors (Lipinski definition) is 3. The molecule has 1 N–H and O–H groups in total. The summed E-state index contributed by atoms with van der Waals surface area (Å²) in [5.41, 5.74) is 1.91. The molecule has 0 aliphatic carbocycles. The van der Waals surface area contributed by atoms with Crippen LogP contribution in [0.2, 0.25) is 0 Å². The lowest BCUT2D eigenvalue weighted by molar-refractivity contribution is 0.101. The molecular formula is C19H19F2N3OS. The van der Waals surface area contributed by atoms with Crippen molar-refractivity contribution >= 4 is 34.5 Å². The standard InChI is InChI=1S/C19H19F2N3OS/c1-13(25)14-2-5-16(6-3-14)23-8-10-24(11-9-23)19(26)22-18-7-4-15(20)12-17(18)21/h2-7,12H,8-11H2,1H3,(H,22,26). The van der Waals surface area contributed by atoms with E-state index >= 15 is 0 Å². The fraction of sp³-hybridized carbons (Fsp3) is 0.263. The van der Waals surface area contributed by atoms with E-state index in [4.69, 9.17) is 12.2 Å². The average Bonchev–Trinajstić information content (AvgIpc) is 2.64. The third-order valence-corrected chi connectivity index (χ3v) is 4.74. The zero-order valence-corrected chi connectivity index (χ0v) is 15.2. The lowest BCUT2D eigenvalue weighted by Crippen LogP contribution is -2.50. The van der Waals surface area contributed by atoms with Crippen LogP contribution in [0.4, 0.5) is 20.2 Å². The minimum absolute atomic E-state index is 0.0471. The molecule has 7 heteroatoms. The molecule has 0 aromatic heterocycles. The summed E-state index contributed by atoms with van der Waals surface area (Å²) in [5, 5.41) is 3.26. The largest absolute Gasteiger partial charge is 0.368 e. The van der Waals surface area contributed by atoms with Crippen molar-refractivity contribution in [1.29, 1.82) is 0 Å². The first kappa shape index (κ1) is 18.3. The van der Waals surface area contributed by atoms with Gasteiger partial charge in [0.2, 0.25) is 0 Å². The summed E-state index contributed by atoms with van der Waals surface area (Å²) in [7, 11) is 0. The molecule has 2 aromatic rings. The number of benzene rings is 2. The zero-order chi connectivity index (χ0) is 18.7. The van der Waals surface area contributed by atoms with Crippen LogP contribution in [0.15, 0.2) is 42.5 Å². The third-order valence-electron chi connectivity index (χ3n) is 4.38. The molecule has 0 amide bonds. The number of Topliss-reactive ketones (excluding diaryl/α,β-unsaturated/α-hetero) is 1. The molecule has 1 aliphatic rings. The number of anilines is 2. The maximum atomic E-state index is 13.7. The summed E-state index contributed by atoms with van der Waals surface area (Å²) in [6, 6.07) is 10.9. The number of halogens is 2. The second-order valence-corrected chi connectivity index (χ2v) is 6.52. The molecule has 0 unspecified atom stereocenters. The smallest absolute Gasteiger partial charge is 0.173 e. The van der Waals surface area contributed by atoms with Crippen molar-refractivity contribution < 1.29 is 13.6 Å². The Labute approximate surface area is 156 Å². The normalized spacial score (nSPS) is 14.3. The van der Waals surface area contributed by atoms with Crippen molar-refractivity contribution in [1.82, 2.24) is 4.90 Å². The van der Waals surface area contributed by atoms with Gasteiger partial charge in [-0.05, 0) is 55.5 Å². The first-order valence-electron chi connectivity index (χ1n) is 8.31. The second-order valence-electron chi connectivity index (χ2n) is 6.13. The number of carbonyl (C=O) groups is 1. The molecule has 0 atom stereocenters. The lowest BCUT2D eigenvalue weighted by Gasteiger charge is -2.37. The molecule has 1 fully saturated rings. The van der Waals surface area contributed by atoms with E-state index in [-0.39, 0.29) is 11.5 Å².